The van der Waals surface area contributed by atoms with Crippen molar-refractivity contribution in [3.05, 3.63) is 35.5 Å². The fraction of sp³-hybridized carbons (Fsp3) is 0.526. The van der Waals surface area contributed by atoms with Gasteiger partial charge in [0.15, 0.2) is 0 Å². The Morgan fingerprint density at radius 1 is 1.32 bits per heavy atom. The summed E-state index contributed by atoms with van der Waals surface area (Å²) in [6, 6.07) is 8.83. The second kappa shape index (κ2) is 6.15. The van der Waals surface area contributed by atoms with Crippen LogP contribution in [-0.2, 0) is 17.6 Å². The van der Waals surface area contributed by atoms with Gasteiger partial charge in [0.25, 0.3) is 0 Å². The largest absolute Gasteiger partial charge is 0.358 e. The average Bonchev–Trinajstić information content (AvgIpc) is 2.93. The molecule has 0 radical (unpaired) electrons. The smallest absolute Gasteiger partial charge is 0.225 e. The molecule has 3 nitrogen and oxygen atoms in total. The fourth-order valence-electron chi connectivity index (χ4n) is 3.79. The van der Waals surface area contributed by atoms with E-state index in [1.165, 1.54) is 22.2 Å². The van der Waals surface area contributed by atoms with Gasteiger partial charge in [-0.1, -0.05) is 32.0 Å². The molecule has 118 valence electrons. The number of para-hydroxylation sites is 1. The minimum absolute atomic E-state index is 0.175. The van der Waals surface area contributed by atoms with E-state index in [4.69, 9.17) is 0 Å². The van der Waals surface area contributed by atoms with Crippen molar-refractivity contribution in [2.75, 3.05) is 7.05 Å². The number of nitrogens with one attached hydrogen (secondary N) is 1. The molecule has 0 saturated carbocycles. The number of H-pyrrole nitrogens is 1. The van der Waals surface area contributed by atoms with Gasteiger partial charge in [-0.15, -0.1) is 0 Å². The fourth-order valence-corrected chi connectivity index (χ4v) is 3.79. The zero-order valence-corrected chi connectivity index (χ0v) is 13.9. The molecule has 22 heavy (non-hydrogen) atoms. The number of likely N-dealkylation sites (N-methyl/N-ethyl adjacent to an activating group) is 1. The van der Waals surface area contributed by atoms with Crippen LogP contribution in [0.4, 0.5) is 0 Å². The van der Waals surface area contributed by atoms with Crippen molar-refractivity contribution < 1.29 is 4.79 Å². The quantitative estimate of drug-likeness (QED) is 0.912. The number of hydrogen-bond acceptors (Lipinski definition) is 1. The summed E-state index contributed by atoms with van der Waals surface area (Å²) in [6.45, 7) is 4.22. The van der Waals surface area contributed by atoms with E-state index >= 15 is 0 Å². The van der Waals surface area contributed by atoms with Crippen molar-refractivity contribution in [3.63, 3.8) is 0 Å². The van der Waals surface area contributed by atoms with E-state index in [9.17, 15) is 4.79 Å². The number of nitrogens with zero attached hydrogens (tertiary/aromatic N) is 1. The van der Waals surface area contributed by atoms with Crippen LogP contribution in [-0.4, -0.2) is 28.9 Å². The molecule has 0 bridgehead atoms. The number of hydrogen-bond donors (Lipinski definition) is 1. The number of aromatic amines is 1. The van der Waals surface area contributed by atoms with Crippen molar-refractivity contribution in [2.45, 2.75) is 52.0 Å². The van der Waals surface area contributed by atoms with Crippen LogP contribution < -0.4 is 0 Å². The topological polar surface area (TPSA) is 36.1 Å². The van der Waals surface area contributed by atoms with Crippen molar-refractivity contribution in [3.8, 4) is 0 Å². The molecule has 1 aliphatic carbocycles. The Balaban J connectivity index is 1.83. The standard InChI is InChI=1S/C19H26N2O/c1-4-13(5-2)19(22)21(3)14-10-11-18-16(12-14)15-8-6-7-9-17(15)20-18/h6-9,13-14,20H,4-5,10-12H2,1-3H3. The molecule has 1 aromatic heterocycles. The zero-order chi connectivity index (χ0) is 15.7. The Bertz CT molecular complexity index is 669. The lowest BCUT2D eigenvalue weighted by Gasteiger charge is -2.33. The Morgan fingerprint density at radius 2 is 2.05 bits per heavy atom. The molecular weight excluding hydrogens is 272 g/mol. The first-order valence-corrected chi connectivity index (χ1v) is 8.50. The van der Waals surface area contributed by atoms with Crippen LogP contribution in [0.15, 0.2) is 24.3 Å². The summed E-state index contributed by atoms with van der Waals surface area (Å²) >= 11 is 0. The Labute approximate surface area is 132 Å². The lowest BCUT2D eigenvalue weighted by molar-refractivity contribution is -0.136. The Morgan fingerprint density at radius 3 is 2.77 bits per heavy atom. The normalized spacial score (nSPS) is 17.7. The first kappa shape index (κ1) is 15.1. The van der Waals surface area contributed by atoms with E-state index < -0.39 is 0 Å². The number of aromatic nitrogens is 1. The molecule has 3 rings (SSSR count). The Hall–Kier alpha value is -1.77. The van der Waals surface area contributed by atoms with Crippen LogP contribution in [0, 0.1) is 5.92 Å². The maximum atomic E-state index is 12.6. The highest BCUT2D eigenvalue weighted by atomic mass is 16.2. The summed E-state index contributed by atoms with van der Waals surface area (Å²) in [5.41, 5.74) is 4.00. The van der Waals surface area contributed by atoms with E-state index in [2.05, 4.69) is 43.1 Å². The summed E-state index contributed by atoms with van der Waals surface area (Å²) in [4.78, 5) is 18.2. The molecule has 3 heteroatoms. The van der Waals surface area contributed by atoms with E-state index in [-0.39, 0.29) is 5.92 Å². The van der Waals surface area contributed by atoms with Crippen molar-refractivity contribution >= 4 is 16.8 Å². The van der Waals surface area contributed by atoms with Gasteiger partial charge in [-0.3, -0.25) is 4.79 Å². The summed E-state index contributed by atoms with van der Waals surface area (Å²) in [5.74, 6) is 0.493. The van der Waals surface area contributed by atoms with Crippen LogP contribution in [0.2, 0.25) is 0 Å². The molecule has 0 aliphatic heterocycles. The summed E-state index contributed by atoms with van der Waals surface area (Å²) in [5, 5.41) is 1.32. The summed E-state index contributed by atoms with van der Waals surface area (Å²) in [7, 11) is 1.99. The first-order valence-electron chi connectivity index (χ1n) is 8.50. The molecule has 1 amide bonds. The van der Waals surface area contributed by atoms with Gasteiger partial charge in [0.05, 0.1) is 0 Å². The van der Waals surface area contributed by atoms with Gasteiger partial charge in [-0.05, 0) is 43.7 Å². The first-order chi connectivity index (χ1) is 10.7. The molecular formula is C19H26N2O. The minimum Gasteiger partial charge on any atom is -0.358 e. The molecule has 0 spiro atoms. The highest BCUT2D eigenvalue weighted by molar-refractivity contribution is 5.85. The van der Waals surface area contributed by atoms with E-state index in [1.54, 1.807) is 0 Å². The summed E-state index contributed by atoms with van der Waals surface area (Å²) in [6.07, 6.45) is 4.94. The molecule has 2 aromatic rings. The van der Waals surface area contributed by atoms with E-state index in [1.807, 2.05) is 11.9 Å². The number of amides is 1. The number of rotatable bonds is 4. The highest BCUT2D eigenvalue weighted by Gasteiger charge is 2.29. The van der Waals surface area contributed by atoms with Crippen LogP contribution in [0.5, 0.6) is 0 Å². The van der Waals surface area contributed by atoms with Crippen LogP contribution >= 0.6 is 0 Å². The highest BCUT2D eigenvalue weighted by Crippen LogP contribution is 2.31. The minimum atomic E-state index is 0.175. The van der Waals surface area contributed by atoms with E-state index in [0.717, 1.165) is 32.1 Å². The van der Waals surface area contributed by atoms with Crippen LogP contribution in [0.1, 0.15) is 44.4 Å². The second-order valence-corrected chi connectivity index (χ2v) is 6.49. The molecule has 1 atom stereocenters. The van der Waals surface area contributed by atoms with Gasteiger partial charge >= 0.3 is 0 Å². The van der Waals surface area contributed by atoms with Gasteiger partial charge in [0, 0.05) is 35.6 Å². The lowest BCUT2D eigenvalue weighted by atomic mass is 9.89. The molecule has 1 aromatic carbocycles. The molecule has 0 fully saturated rings. The lowest BCUT2D eigenvalue weighted by Crippen LogP contribution is -2.43. The van der Waals surface area contributed by atoms with Crippen LogP contribution in [0.25, 0.3) is 10.9 Å². The maximum absolute atomic E-state index is 12.6. The summed E-state index contributed by atoms with van der Waals surface area (Å²) < 4.78 is 0. The van der Waals surface area contributed by atoms with Gasteiger partial charge < -0.3 is 9.88 Å². The van der Waals surface area contributed by atoms with Gasteiger partial charge in [0.2, 0.25) is 5.91 Å². The SMILES string of the molecule is CCC(CC)C(=O)N(C)C1CCc2[nH]c3ccccc3c2C1. The molecule has 1 aliphatic rings. The number of carbonyl (C=O) groups excluding carboxylic acids is 1. The average molecular weight is 298 g/mol. The van der Waals surface area contributed by atoms with Gasteiger partial charge in [-0.2, -0.15) is 0 Å². The third-order valence-corrected chi connectivity index (χ3v) is 5.30. The monoisotopic (exact) mass is 298 g/mol. The maximum Gasteiger partial charge on any atom is 0.225 e. The second-order valence-electron chi connectivity index (χ2n) is 6.49. The predicted octanol–water partition coefficient (Wildman–Crippen LogP) is 3.92. The van der Waals surface area contributed by atoms with Gasteiger partial charge in [0.1, 0.15) is 0 Å². The van der Waals surface area contributed by atoms with Gasteiger partial charge in [-0.25, -0.2) is 0 Å². The molecule has 1 unspecified atom stereocenters. The number of aryl methyl sites for hydroxylation is 1. The van der Waals surface area contributed by atoms with Crippen LogP contribution in [0.3, 0.4) is 0 Å². The number of carbonyl (C=O) groups is 1. The molecule has 1 heterocycles. The molecule has 1 N–H and O–H groups in total. The third kappa shape index (κ3) is 2.53. The zero-order valence-electron chi connectivity index (χ0n) is 13.9. The number of fused-ring (bicyclic) bond motifs is 3. The Kier molecular flexibility index (Phi) is 4.23. The molecule has 0 saturated heterocycles. The number of benzene rings is 1. The van der Waals surface area contributed by atoms with Crippen molar-refractivity contribution in [2.24, 2.45) is 5.92 Å². The third-order valence-electron chi connectivity index (χ3n) is 5.30. The van der Waals surface area contributed by atoms with Crippen molar-refractivity contribution in [1.29, 1.82) is 0 Å². The van der Waals surface area contributed by atoms with Crippen molar-refractivity contribution in [1.82, 2.24) is 9.88 Å². The van der Waals surface area contributed by atoms with E-state index in [0.29, 0.717) is 11.9 Å². The predicted molar refractivity (Wildman–Crippen MR) is 91.0 cm³/mol.